The van der Waals surface area contributed by atoms with E-state index in [1.165, 1.54) is 0 Å². The van der Waals surface area contributed by atoms with Crippen LogP contribution in [0.2, 0.25) is 0 Å². The van der Waals surface area contributed by atoms with Gasteiger partial charge in [0.05, 0.1) is 0 Å². The average molecular weight is 251 g/mol. The monoisotopic (exact) mass is 251 g/mol. The van der Waals surface area contributed by atoms with E-state index in [-0.39, 0.29) is 30.5 Å². The highest BCUT2D eigenvalue weighted by atomic mass is 19.4. The minimum atomic E-state index is -4.15. The summed E-state index contributed by atoms with van der Waals surface area (Å²) in [5, 5.41) is 0. The van der Waals surface area contributed by atoms with Gasteiger partial charge in [-0.1, -0.05) is 12.8 Å². The van der Waals surface area contributed by atoms with Gasteiger partial charge in [0.25, 0.3) is 0 Å². The molecule has 1 fully saturated rings. The molecule has 0 spiro atoms. The van der Waals surface area contributed by atoms with Gasteiger partial charge in [0.15, 0.2) is 0 Å². The lowest BCUT2D eigenvalue weighted by Crippen LogP contribution is -2.32. The summed E-state index contributed by atoms with van der Waals surface area (Å²) < 4.78 is 35.9. The maximum absolute atomic E-state index is 12.0. The first-order valence-corrected chi connectivity index (χ1v) is 6.23. The van der Waals surface area contributed by atoms with Crippen molar-refractivity contribution in [2.24, 2.45) is 17.6 Å². The third-order valence-corrected chi connectivity index (χ3v) is 3.51. The van der Waals surface area contributed by atoms with E-state index in [1.54, 1.807) is 0 Å². The van der Waals surface area contributed by atoms with Crippen LogP contribution in [0.1, 0.15) is 44.9 Å². The molecule has 0 bridgehead atoms. The topological polar surface area (TPSA) is 43.1 Å². The first-order valence-electron chi connectivity index (χ1n) is 6.23. The minimum absolute atomic E-state index is 0.0237. The van der Waals surface area contributed by atoms with Gasteiger partial charge >= 0.3 is 6.18 Å². The second-order valence-electron chi connectivity index (χ2n) is 4.82. The third-order valence-electron chi connectivity index (χ3n) is 3.51. The maximum atomic E-state index is 12.0. The van der Waals surface area contributed by atoms with Crippen molar-refractivity contribution in [2.75, 3.05) is 6.54 Å². The fraction of sp³-hybridized carbons (Fsp3) is 0.917. The Morgan fingerprint density at radius 1 is 1.24 bits per heavy atom. The van der Waals surface area contributed by atoms with Gasteiger partial charge in [-0.05, 0) is 31.7 Å². The van der Waals surface area contributed by atoms with Crippen LogP contribution in [0, 0.1) is 11.8 Å². The molecule has 5 heteroatoms. The number of hydrogen-bond donors (Lipinski definition) is 1. The van der Waals surface area contributed by atoms with Crippen LogP contribution in [0.4, 0.5) is 13.2 Å². The molecule has 1 rings (SSSR count). The van der Waals surface area contributed by atoms with E-state index in [0.29, 0.717) is 6.54 Å². The Bertz CT molecular complexity index is 253. The second kappa shape index (κ2) is 6.38. The summed E-state index contributed by atoms with van der Waals surface area (Å²) in [6.07, 6.45) is -1.26. The molecular formula is C12H20F3NO. The normalized spacial score (nSPS) is 25.9. The molecule has 0 radical (unpaired) electrons. The number of nitrogens with two attached hydrogens (primary N) is 1. The van der Waals surface area contributed by atoms with Crippen molar-refractivity contribution in [1.29, 1.82) is 0 Å². The standard InChI is InChI=1S/C12H20F3NO/c13-12(14,15)7-3-6-11(17)10-5-2-1-4-9(10)8-16/h9-10H,1-8,16H2. The van der Waals surface area contributed by atoms with Crippen LogP contribution in [0.3, 0.4) is 0 Å². The zero-order chi connectivity index (χ0) is 12.9. The van der Waals surface area contributed by atoms with E-state index in [9.17, 15) is 18.0 Å². The molecule has 2 nitrogen and oxygen atoms in total. The maximum Gasteiger partial charge on any atom is 0.389 e. The number of halogens is 3. The minimum Gasteiger partial charge on any atom is -0.330 e. The van der Waals surface area contributed by atoms with Crippen LogP contribution in [-0.2, 0) is 4.79 Å². The van der Waals surface area contributed by atoms with Gasteiger partial charge < -0.3 is 5.73 Å². The summed E-state index contributed by atoms with van der Waals surface area (Å²) in [5.74, 6) is 0.0634. The van der Waals surface area contributed by atoms with Gasteiger partial charge in [0.1, 0.15) is 5.78 Å². The summed E-state index contributed by atoms with van der Waals surface area (Å²) in [5.41, 5.74) is 5.60. The van der Waals surface area contributed by atoms with E-state index in [0.717, 1.165) is 25.7 Å². The van der Waals surface area contributed by atoms with E-state index in [1.807, 2.05) is 0 Å². The van der Waals surface area contributed by atoms with Crippen molar-refractivity contribution in [1.82, 2.24) is 0 Å². The largest absolute Gasteiger partial charge is 0.389 e. The average Bonchev–Trinajstić information content (AvgIpc) is 2.27. The Hall–Kier alpha value is -0.580. The first kappa shape index (κ1) is 14.5. The predicted octanol–water partition coefficient (Wildman–Crippen LogP) is 3.05. The van der Waals surface area contributed by atoms with Crippen molar-refractivity contribution in [2.45, 2.75) is 51.1 Å². The molecule has 0 aromatic heterocycles. The van der Waals surface area contributed by atoms with Crippen molar-refractivity contribution in [3.63, 3.8) is 0 Å². The predicted molar refractivity (Wildman–Crippen MR) is 59.4 cm³/mol. The van der Waals surface area contributed by atoms with E-state index < -0.39 is 12.6 Å². The highest BCUT2D eigenvalue weighted by Crippen LogP contribution is 2.31. The molecule has 0 aromatic rings. The Morgan fingerprint density at radius 3 is 2.47 bits per heavy atom. The summed E-state index contributed by atoms with van der Waals surface area (Å²) >= 11 is 0. The van der Waals surface area contributed by atoms with E-state index in [2.05, 4.69) is 0 Å². The molecule has 1 aliphatic carbocycles. The third kappa shape index (κ3) is 5.06. The summed E-state index contributed by atoms with van der Waals surface area (Å²) in [7, 11) is 0. The van der Waals surface area contributed by atoms with Crippen LogP contribution in [0.5, 0.6) is 0 Å². The number of ketones is 1. The Kier molecular flexibility index (Phi) is 5.43. The molecule has 0 aromatic carbocycles. The molecule has 0 heterocycles. The SMILES string of the molecule is NCC1CCCCC1C(=O)CCCC(F)(F)F. The lowest BCUT2D eigenvalue weighted by Gasteiger charge is -2.29. The molecule has 0 amide bonds. The molecule has 17 heavy (non-hydrogen) atoms. The van der Waals surface area contributed by atoms with Crippen molar-refractivity contribution in [3.05, 3.63) is 0 Å². The summed E-state index contributed by atoms with van der Waals surface area (Å²) in [6, 6.07) is 0. The molecule has 2 atom stereocenters. The molecule has 0 saturated heterocycles. The van der Waals surface area contributed by atoms with Crippen LogP contribution < -0.4 is 5.73 Å². The smallest absolute Gasteiger partial charge is 0.330 e. The zero-order valence-corrected chi connectivity index (χ0v) is 9.93. The fourth-order valence-corrected chi connectivity index (χ4v) is 2.56. The van der Waals surface area contributed by atoms with Crippen LogP contribution in [-0.4, -0.2) is 18.5 Å². The Morgan fingerprint density at radius 2 is 1.88 bits per heavy atom. The van der Waals surface area contributed by atoms with Gasteiger partial charge in [-0.15, -0.1) is 0 Å². The van der Waals surface area contributed by atoms with Gasteiger partial charge in [-0.3, -0.25) is 4.79 Å². The van der Waals surface area contributed by atoms with E-state index in [4.69, 9.17) is 5.73 Å². The molecule has 1 saturated carbocycles. The lowest BCUT2D eigenvalue weighted by atomic mass is 9.76. The summed E-state index contributed by atoms with van der Waals surface area (Å²) in [6.45, 7) is 0.468. The Balaban J connectivity index is 2.35. The van der Waals surface area contributed by atoms with Crippen LogP contribution in [0.25, 0.3) is 0 Å². The first-order chi connectivity index (χ1) is 7.94. The highest BCUT2D eigenvalue weighted by molar-refractivity contribution is 5.81. The fourth-order valence-electron chi connectivity index (χ4n) is 2.56. The molecule has 100 valence electrons. The highest BCUT2D eigenvalue weighted by Gasteiger charge is 2.31. The molecule has 2 N–H and O–H groups in total. The van der Waals surface area contributed by atoms with Crippen molar-refractivity contribution < 1.29 is 18.0 Å². The molecule has 0 aliphatic heterocycles. The van der Waals surface area contributed by atoms with Crippen molar-refractivity contribution in [3.8, 4) is 0 Å². The van der Waals surface area contributed by atoms with Gasteiger partial charge in [-0.25, -0.2) is 0 Å². The number of rotatable bonds is 5. The molecule has 2 unspecified atom stereocenters. The number of carbonyl (C=O) groups excluding carboxylic acids is 1. The molecule has 1 aliphatic rings. The number of carbonyl (C=O) groups is 1. The summed E-state index contributed by atoms with van der Waals surface area (Å²) in [4.78, 5) is 11.8. The van der Waals surface area contributed by atoms with Gasteiger partial charge in [0, 0.05) is 18.8 Å². The van der Waals surface area contributed by atoms with Crippen molar-refractivity contribution >= 4 is 5.78 Å². The van der Waals surface area contributed by atoms with Crippen LogP contribution in [0.15, 0.2) is 0 Å². The van der Waals surface area contributed by atoms with Crippen LogP contribution >= 0.6 is 0 Å². The number of Topliss-reactive ketones (excluding diaryl/α,β-unsaturated/α-hetero) is 1. The number of alkyl halides is 3. The quantitative estimate of drug-likeness (QED) is 0.816. The zero-order valence-electron chi connectivity index (χ0n) is 9.93. The van der Waals surface area contributed by atoms with E-state index >= 15 is 0 Å². The Labute approximate surface area is 99.7 Å². The lowest BCUT2D eigenvalue weighted by molar-refractivity contribution is -0.138. The second-order valence-corrected chi connectivity index (χ2v) is 4.82. The molecular weight excluding hydrogens is 231 g/mol. The van der Waals surface area contributed by atoms with Gasteiger partial charge in [-0.2, -0.15) is 13.2 Å². The number of hydrogen-bond acceptors (Lipinski definition) is 2. The van der Waals surface area contributed by atoms with Gasteiger partial charge in [0.2, 0.25) is 0 Å².